The van der Waals surface area contributed by atoms with Crippen molar-refractivity contribution in [3.63, 3.8) is 0 Å². The summed E-state index contributed by atoms with van der Waals surface area (Å²) in [5, 5.41) is 11.5. The average molecular weight is 365 g/mol. The lowest BCUT2D eigenvalue weighted by Crippen LogP contribution is -2.22. The van der Waals surface area contributed by atoms with Gasteiger partial charge in [0.15, 0.2) is 0 Å². The lowest BCUT2D eigenvalue weighted by molar-refractivity contribution is -0.116. The molecule has 0 atom stereocenters. The molecular weight excluding hydrogens is 338 g/mol. The number of nitrogens with zero attached hydrogens (tertiary/aromatic N) is 3. The van der Waals surface area contributed by atoms with Crippen molar-refractivity contribution in [1.82, 2.24) is 19.7 Å². The fourth-order valence-corrected chi connectivity index (χ4v) is 3.83. The lowest BCUT2D eigenvalue weighted by atomic mass is 10.1. The Hall–Kier alpha value is -2.60. The highest BCUT2D eigenvalue weighted by Crippen LogP contribution is 2.25. The average Bonchev–Trinajstić information content (AvgIpc) is 3.42. The third-order valence-electron chi connectivity index (χ3n) is 5.34. The molecule has 0 bridgehead atoms. The second-order valence-corrected chi connectivity index (χ2v) is 7.24. The molecule has 1 saturated heterocycles. The summed E-state index contributed by atoms with van der Waals surface area (Å²) in [6.45, 7) is 6.44. The van der Waals surface area contributed by atoms with Crippen LogP contribution in [0.2, 0.25) is 0 Å². The molecule has 0 aliphatic carbocycles. The Morgan fingerprint density at radius 3 is 2.89 bits per heavy atom. The summed E-state index contributed by atoms with van der Waals surface area (Å²) >= 11 is 0. The van der Waals surface area contributed by atoms with Gasteiger partial charge < -0.3 is 14.8 Å². The van der Waals surface area contributed by atoms with Crippen LogP contribution >= 0.6 is 0 Å². The van der Waals surface area contributed by atoms with E-state index in [0.29, 0.717) is 12.2 Å². The Morgan fingerprint density at radius 1 is 1.22 bits per heavy atom. The maximum absolute atomic E-state index is 12.2. The van der Waals surface area contributed by atoms with Crippen LogP contribution in [0.25, 0.3) is 22.2 Å². The molecule has 0 spiro atoms. The van der Waals surface area contributed by atoms with E-state index in [2.05, 4.69) is 62.4 Å². The van der Waals surface area contributed by atoms with Crippen molar-refractivity contribution >= 4 is 22.6 Å². The van der Waals surface area contributed by atoms with Crippen LogP contribution in [0.1, 0.15) is 32.6 Å². The first-order chi connectivity index (χ1) is 13.2. The third-order valence-corrected chi connectivity index (χ3v) is 5.34. The van der Waals surface area contributed by atoms with Crippen LogP contribution in [0.5, 0.6) is 0 Å². The molecule has 1 amide bonds. The molecule has 4 rings (SSSR count). The van der Waals surface area contributed by atoms with Crippen molar-refractivity contribution in [2.75, 3.05) is 25.0 Å². The zero-order valence-corrected chi connectivity index (χ0v) is 15.9. The molecule has 1 aliphatic rings. The predicted octanol–water partition coefficient (Wildman–Crippen LogP) is 3.87. The Labute approximate surface area is 159 Å². The van der Waals surface area contributed by atoms with Crippen LogP contribution in [0.4, 0.5) is 5.82 Å². The molecule has 27 heavy (non-hydrogen) atoms. The first-order valence-corrected chi connectivity index (χ1v) is 9.90. The summed E-state index contributed by atoms with van der Waals surface area (Å²) in [4.78, 5) is 14.6. The maximum Gasteiger partial charge on any atom is 0.225 e. The summed E-state index contributed by atoms with van der Waals surface area (Å²) in [5.41, 5.74) is 3.08. The third kappa shape index (κ3) is 4.06. The molecule has 1 aliphatic heterocycles. The van der Waals surface area contributed by atoms with Gasteiger partial charge in [0, 0.05) is 36.3 Å². The second-order valence-electron chi connectivity index (χ2n) is 7.24. The van der Waals surface area contributed by atoms with E-state index < -0.39 is 0 Å². The monoisotopic (exact) mass is 365 g/mol. The van der Waals surface area contributed by atoms with Crippen molar-refractivity contribution in [3.05, 3.63) is 36.5 Å². The van der Waals surface area contributed by atoms with Crippen molar-refractivity contribution < 1.29 is 4.79 Å². The van der Waals surface area contributed by atoms with E-state index in [1.165, 1.54) is 36.8 Å². The normalized spacial score (nSPS) is 14.9. The molecule has 3 aromatic rings. The number of hydrogen-bond donors (Lipinski definition) is 2. The molecule has 6 heteroatoms. The molecule has 6 nitrogen and oxygen atoms in total. The van der Waals surface area contributed by atoms with Crippen LogP contribution in [0, 0.1) is 0 Å². The maximum atomic E-state index is 12.2. The number of nitrogens with one attached hydrogen (secondary N) is 2. The highest BCUT2D eigenvalue weighted by molar-refractivity contribution is 5.90. The highest BCUT2D eigenvalue weighted by atomic mass is 16.1. The SMILES string of the molecule is CCn1ccc2ccc(-c3cc(NC(=O)CCCN4CCCC4)[nH]n3)cc21. The van der Waals surface area contributed by atoms with E-state index in [9.17, 15) is 4.79 Å². The number of benzene rings is 1. The molecular formula is C21H27N5O. The molecule has 3 heterocycles. The number of hydrogen-bond acceptors (Lipinski definition) is 3. The summed E-state index contributed by atoms with van der Waals surface area (Å²) in [5.74, 6) is 0.696. The molecule has 0 radical (unpaired) electrons. The lowest BCUT2D eigenvalue weighted by Gasteiger charge is -2.13. The van der Waals surface area contributed by atoms with Crippen LogP contribution in [-0.4, -0.2) is 45.2 Å². The molecule has 0 unspecified atom stereocenters. The number of aromatic amines is 1. The quantitative estimate of drug-likeness (QED) is 0.668. The Bertz CT molecular complexity index is 920. The zero-order chi connectivity index (χ0) is 18.6. The van der Waals surface area contributed by atoms with Gasteiger partial charge in [0.05, 0.1) is 5.69 Å². The number of aryl methyl sites for hydroxylation is 1. The number of anilines is 1. The van der Waals surface area contributed by atoms with Gasteiger partial charge in [0.1, 0.15) is 5.82 Å². The van der Waals surface area contributed by atoms with Gasteiger partial charge in [-0.25, -0.2) is 0 Å². The van der Waals surface area contributed by atoms with E-state index in [0.717, 1.165) is 30.8 Å². The predicted molar refractivity (Wildman–Crippen MR) is 109 cm³/mol. The number of aromatic nitrogens is 3. The van der Waals surface area contributed by atoms with Gasteiger partial charge in [-0.05, 0) is 63.3 Å². The number of amides is 1. The molecule has 0 saturated carbocycles. The summed E-state index contributed by atoms with van der Waals surface area (Å²) < 4.78 is 2.22. The van der Waals surface area contributed by atoms with Crippen molar-refractivity contribution in [3.8, 4) is 11.3 Å². The van der Waals surface area contributed by atoms with E-state index >= 15 is 0 Å². The van der Waals surface area contributed by atoms with Crippen LogP contribution in [0.15, 0.2) is 36.5 Å². The molecule has 142 valence electrons. The van der Waals surface area contributed by atoms with E-state index in [4.69, 9.17) is 0 Å². The van der Waals surface area contributed by atoms with Gasteiger partial charge in [-0.1, -0.05) is 12.1 Å². The highest BCUT2D eigenvalue weighted by Gasteiger charge is 2.12. The van der Waals surface area contributed by atoms with Gasteiger partial charge >= 0.3 is 0 Å². The Morgan fingerprint density at radius 2 is 2.07 bits per heavy atom. The summed E-state index contributed by atoms with van der Waals surface area (Å²) in [6, 6.07) is 10.4. The minimum absolute atomic E-state index is 0.0414. The minimum Gasteiger partial charge on any atom is -0.348 e. The molecule has 1 aromatic carbocycles. The molecule has 1 fully saturated rings. The molecule has 2 N–H and O–H groups in total. The van der Waals surface area contributed by atoms with Crippen molar-refractivity contribution in [2.24, 2.45) is 0 Å². The van der Waals surface area contributed by atoms with Crippen molar-refractivity contribution in [1.29, 1.82) is 0 Å². The standard InChI is InChI=1S/C21H27N5O/c1-2-26-13-9-16-7-8-17(14-19(16)26)18-15-20(24-23-18)22-21(27)6-5-12-25-10-3-4-11-25/h7-9,13-15H,2-6,10-12H2,1H3,(H2,22,23,24,27). The number of fused-ring (bicyclic) bond motifs is 1. The van der Waals surface area contributed by atoms with E-state index in [-0.39, 0.29) is 5.91 Å². The van der Waals surface area contributed by atoms with Gasteiger partial charge in [-0.2, -0.15) is 5.10 Å². The number of H-pyrrole nitrogens is 1. The zero-order valence-electron chi connectivity index (χ0n) is 15.9. The van der Waals surface area contributed by atoms with Crippen LogP contribution < -0.4 is 5.32 Å². The van der Waals surface area contributed by atoms with Gasteiger partial charge in [-0.15, -0.1) is 0 Å². The Balaban J connectivity index is 1.37. The Kier molecular flexibility index (Phi) is 5.25. The fourth-order valence-electron chi connectivity index (χ4n) is 3.83. The smallest absolute Gasteiger partial charge is 0.225 e. The van der Waals surface area contributed by atoms with Gasteiger partial charge in [0.25, 0.3) is 0 Å². The summed E-state index contributed by atoms with van der Waals surface area (Å²) in [7, 11) is 0. The first-order valence-electron chi connectivity index (χ1n) is 9.90. The topological polar surface area (TPSA) is 66.0 Å². The van der Waals surface area contributed by atoms with Crippen LogP contribution in [0.3, 0.4) is 0 Å². The minimum atomic E-state index is 0.0414. The van der Waals surface area contributed by atoms with Crippen molar-refractivity contribution in [2.45, 2.75) is 39.2 Å². The first kappa shape index (κ1) is 17.8. The largest absolute Gasteiger partial charge is 0.348 e. The van der Waals surface area contributed by atoms with Crippen LogP contribution in [-0.2, 0) is 11.3 Å². The molecule has 2 aromatic heterocycles. The van der Waals surface area contributed by atoms with Gasteiger partial charge in [0.2, 0.25) is 5.91 Å². The number of likely N-dealkylation sites (tertiary alicyclic amines) is 1. The fraction of sp³-hybridized carbons (Fsp3) is 0.429. The van der Waals surface area contributed by atoms with E-state index in [1.54, 1.807) is 0 Å². The summed E-state index contributed by atoms with van der Waals surface area (Å²) in [6.07, 6.45) is 6.13. The number of rotatable bonds is 7. The second kappa shape index (κ2) is 7.96. The van der Waals surface area contributed by atoms with E-state index in [1.807, 2.05) is 6.07 Å². The van der Waals surface area contributed by atoms with Gasteiger partial charge in [-0.3, -0.25) is 9.89 Å². The number of carbonyl (C=O) groups excluding carboxylic acids is 1. The number of carbonyl (C=O) groups is 1.